The quantitative estimate of drug-likeness (QED) is 0.183. The minimum atomic E-state index is -1.51. The van der Waals surface area contributed by atoms with Gasteiger partial charge >= 0.3 is 23.9 Å². The minimum Gasteiger partial charge on any atom is -0.509 e. The fourth-order valence-electron chi connectivity index (χ4n) is 6.51. The van der Waals surface area contributed by atoms with Crippen LogP contribution in [0.3, 0.4) is 0 Å². The largest absolute Gasteiger partial charge is 0.509 e. The number of nitrogens with zero attached hydrogens (tertiary/aromatic N) is 2. The van der Waals surface area contributed by atoms with Gasteiger partial charge in [0.15, 0.2) is 0 Å². The number of allylic oxidation sites excluding steroid dienone is 2. The molecular weight excluding hydrogens is 624 g/mol. The molecule has 14 nitrogen and oxygen atoms in total. The smallest absolute Gasteiger partial charge is 0.304 e. The van der Waals surface area contributed by atoms with Gasteiger partial charge in [0, 0.05) is 29.6 Å². The Morgan fingerprint density at radius 1 is 0.708 bits per heavy atom. The van der Waals surface area contributed by atoms with Gasteiger partial charge in [-0.15, -0.1) is 0 Å². The fourth-order valence-corrected chi connectivity index (χ4v) is 6.51. The zero-order valence-corrected chi connectivity index (χ0v) is 26.8. The Kier molecular flexibility index (Phi) is 8.55. The van der Waals surface area contributed by atoms with Crippen LogP contribution >= 0.6 is 0 Å². The van der Waals surface area contributed by atoms with Crippen molar-refractivity contribution in [1.29, 1.82) is 0 Å². The summed E-state index contributed by atoms with van der Waals surface area (Å²) in [5.41, 5.74) is 1.65. The van der Waals surface area contributed by atoms with Crippen molar-refractivity contribution >= 4 is 57.6 Å². The number of aromatic nitrogens is 4. The van der Waals surface area contributed by atoms with Crippen LogP contribution in [-0.4, -0.2) is 74.5 Å². The molecule has 0 fully saturated rings. The van der Waals surface area contributed by atoms with Crippen molar-refractivity contribution in [3.05, 3.63) is 68.9 Å². The summed E-state index contributed by atoms with van der Waals surface area (Å²) in [5.74, 6) is -5.14. The van der Waals surface area contributed by atoms with E-state index in [1.807, 2.05) is 0 Å². The van der Waals surface area contributed by atoms with E-state index < -0.39 is 47.5 Å². The Morgan fingerprint density at radius 2 is 1.33 bits per heavy atom. The number of hydrogen-bond acceptors (Lipinski definition) is 8. The Hall–Kier alpha value is -5.66. The Bertz CT molecular complexity index is 2140. The number of aryl methyl sites for hydroxylation is 2. The number of rotatable bonds is 10. The summed E-state index contributed by atoms with van der Waals surface area (Å²) in [6.45, 7) is 6.55. The van der Waals surface area contributed by atoms with E-state index in [1.54, 1.807) is 26.0 Å². The molecule has 3 aliphatic heterocycles. The predicted molar refractivity (Wildman–Crippen MR) is 173 cm³/mol. The van der Waals surface area contributed by atoms with Crippen molar-refractivity contribution in [2.24, 2.45) is 0 Å². The number of aromatic amines is 2. The van der Waals surface area contributed by atoms with Crippen molar-refractivity contribution in [3.63, 3.8) is 0 Å². The van der Waals surface area contributed by atoms with Crippen LogP contribution in [0.2, 0.25) is 0 Å². The van der Waals surface area contributed by atoms with Gasteiger partial charge in [0.05, 0.1) is 46.1 Å². The predicted octanol–water partition coefficient (Wildman–Crippen LogP) is 3.36. The third-order valence-corrected chi connectivity index (χ3v) is 9.36. The lowest BCUT2D eigenvalue weighted by Crippen LogP contribution is -2.28. The lowest BCUT2D eigenvalue weighted by Gasteiger charge is -2.23. The molecule has 0 spiro atoms. The molecule has 8 N–H and O–H groups in total. The summed E-state index contributed by atoms with van der Waals surface area (Å²) >= 11 is 0. The van der Waals surface area contributed by atoms with Gasteiger partial charge in [-0.2, -0.15) is 0 Å². The highest BCUT2D eigenvalue weighted by Crippen LogP contribution is 2.39. The molecule has 252 valence electrons. The molecule has 3 aliphatic rings. The molecular formula is C34H36N4O10. The average molecular weight is 661 g/mol. The molecule has 0 radical (unpaired) electrons. The summed E-state index contributed by atoms with van der Waals surface area (Å²) in [6, 6.07) is 6.19. The summed E-state index contributed by atoms with van der Waals surface area (Å²) in [5, 5.41) is 61.6. The molecule has 2 atom stereocenters. The van der Waals surface area contributed by atoms with Gasteiger partial charge in [-0.05, 0) is 87.1 Å². The molecule has 0 amide bonds. The van der Waals surface area contributed by atoms with Crippen LogP contribution in [0.1, 0.15) is 86.8 Å². The molecule has 2 aromatic heterocycles. The normalized spacial score (nSPS) is 19.8. The Balaban J connectivity index is 1.99. The van der Waals surface area contributed by atoms with E-state index in [4.69, 9.17) is 4.98 Å². The van der Waals surface area contributed by atoms with E-state index in [0.717, 1.165) is 0 Å². The van der Waals surface area contributed by atoms with Gasteiger partial charge in [-0.3, -0.25) is 19.2 Å². The third-order valence-electron chi connectivity index (χ3n) is 9.36. The monoisotopic (exact) mass is 660 g/mol. The molecule has 0 aromatic carbocycles. The minimum absolute atomic E-state index is 0.0341. The maximum absolute atomic E-state index is 12.0. The zero-order valence-electron chi connectivity index (χ0n) is 26.8. The molecule has 0 unspecified atom stereocenters. The van der Waals surface area contributed by atoms with Crippen molar-refractivity contribution in [1.82, 2.24) is 19.9 Å². The number of carboxylic acids is 4. The highest BCUT2D eigenvalue weighted by Gasteiger charge is 2.42. The van der Waals surface area contributed by atoms with E-state index >= 15 is 0 Å². The van der Waals surface area contributed by atoms with Gasteiger partial charge in [-0.1, -0.05) is 0 Å². The Morgan fingerprint density at radius 3 is 1.96 bits per heavy atom. The van der Waals surface area contributed by atoms with Crippen LogP contribution in [0.15, 0.2) is 24.3 Å². The number of H-pyrrole nitrogens is 2. The number of fused-ring (bicyclic) bond motifs is 8. The van der Waals surface area contributed by atoms with Crippen LogP contribution in [0.5, 0.6) is 0 Å². The van der Waals surface area contributed by atoms with Gasteiger partial charge < -0.3 is 40.6 Å². The SMILES string of the molecule is CC1=C(CCC(=O)O)c2cc3[nH]c(cc4nc(cc5[nH]c(cc1n2)=C(O)[C@]5(C)CC(=O)O)=C(O)[C@]4(C)CC(=O)O)c(C)c3CCC(=O)O. The first-order valence-electron chi connectivity index (χ1n) is 15.2. The summed E-state index contributed by atoms with van der Waals surface area (Å²) < 4.78 is 0. The number of aliphatic carboxylic acids is 4. The number of carbonyl (C=O) groups is 4. The van der Waals surface area contributed by atoms with Crippen LogP contribution in [0, 0.1) is 6.92 Å². The van der Waals surface area contributed by atoms with E-state index in [1.165, 1.54) is 26.0 Å². The van der Waals surface area contributed by atoms with Gasteiger partial charge in [0.1, 0.15) is 16.9 Å². The van der Waals surface area contributed by atoms with Crippen LogP contribution in [0.4, 0.5) is 0 Å². The number of hydrogen-bond donors (Lipinski definition) is 8. The van der Waals surface area contributed by atoms with Crippen molar-refractivity contribution in [3.8, 4) is 0 Å². The van der Waals surface area contributed by atoms with Crippen molar-refractivity contribution in [2.75, 3.05) is 0 Å². The molecule has 2 aromatic rings. The topological polar surface area (TPSA) is 247 Å². The number of carboxylic acid groups (broad SMARTS) is 4. The highest BCUT2D eigenvalue weighted by molar-refractivity contribution is 5.93. The standard InChI is InChI=1S/C34H36N4O10/c1-15-17(5-7-27(39)40)21-10-22-18(6-8-28(41)42)16(2)20(36-22)11-25-33(3,13-29(43)44)32(48)24(38-25)12-26-34(4,14-30(45)46)31(47)23(37-26)9-19(15)35-21/h9-12,36-37,47-48H,5-8,13-14H2,1-4H3,(H,39,40)(H,41,42)(H,43,44)(H,45,46)/t33-,34-/m1/s1. The maximum Gasteiger partial charge on any atom is 0.304 e. The van der Waals surface area contributed by atoms with Crippen LogP contribution in [-0.2, 0) is 36.4 Å². The van der Waals surface area contributed by atoms with E-state index in [9.17, 15) is 49.8 Å². The molecule has 0 saturated heterocycles. The number of aliphatic hydroxyl groups excluding tert-OH is 2. The molecule has 5 rings (SSSR count). The van der Waals surface area contributed by atoms with Gasteiger partial charge in [-0.25, -0.2) is 9.97 Å². The number of nitrogens with one attached hydrogen (secondary N) is 2. The van der Waals surface area contributed by atoms with Crippen LogP contribution < -0.4 is 10.7 Å². The molecule has 48 heavy (non-hydrogen) atoms. The second-order valence-corrected chi connectivity index (χ2v) is 12.7. The second kappa shape index (κ2) is 12.2. The number of aliphatic hydroxyl groups is 2. The molecule has 5 heterocycles. The molecule has 0 saturated carbocycles. The zero-order chi connectivity index (χ0) is 35.3. The summed E-state index contributed by atoms with van der Waals surface area (Å²) in [7, 11) is 0. The summed E-state index contributed by atoms with van der Waals surface area (Å²) in [6.07, 6.45) is -1.22. The van der Waals surface area contributed by atoms with E-state index in [-0.39, 0.29) is 59.3 Å². The lowest BCUT2D eigenvalue weighted by molar-refractivity contribution is -0.139. The fraction of sp³-hybridized carbons (Fsp3) is 0.353. The van der Waals surface area contributed by atoms with Crippen molar-refractivity contribution < 1.29 is 49.8 Å². The van der Waals surface area contributed by atoms with E-state index in [2.05, 4.69) is 15.0 Å². The molecule has 8 bridgehead atoms. The van der Waals surface area contributed by atoms with E-state index in [0.29, 0.717) is 44.7 Å². The first kappa shape index (κ1) is 33.7. The second-order valence-electron chi connectivity index (χ2n) is 12.7. The molecule has 0 aliphatic carbocycles. The molecule has 14 heteroatoms. The lowest BCUT2D eigenvalue weighted by atomic mass is 9.81. The average Bonchev–Trinajstić information content (AvgIpc) is 3.58. The first-order chi connectivity index (χ1) is 22.4. The van der Waals surface area contributed by atoms with Gasteiger partial charge in [0.2, 0.25) is 0 Å². The van der Waals surface area contributed by atoms with Crippen LogP contribution in [0.25, 0.3) is 33.7 Å². The van der Waals surface area contributed by atoms with Crippen molar-refractivity contribution in [2.45, 2.75) is 77.0 Å². The third kappa shape index (κ3) is 5.96. The summed E-state index contributed by atoms with van der Waals surface area (Å²) in [4.78, 5) is 62.9. The first-order valence-corrected chi connectivity index (χ1v) is 15.2. The van der Waals surface area contributed by atoms with Gasteiger partial charge in [0.25, 0.3) is 0 Å². The Labute approximate surface area is 273 Å². The maximum atomic E-state index is 12.0. The highest BCUT2D eigenvalue weighted by atomic mass is 16.4.